The molecular weight excluding hydrogens is 477 g/mol. The number of thiazole rings is 1. The topological polar surface area (TPSA) is 69.0 Å². The Morgan fingerprint density at radius 3 is 2.55 bits per heavy atom. The minimum Gasteiger partial charge on any atom is -0.497 e. The van der Waals surface area contributed by atoms with Crippen LogP contribution in [-0.4, -0.2) is 27.8 Å². The number of amides is 1. The van der Waals surface area contributed by atoms with E-state index in [1.54, 1.807) is 19.2 Å². The molecule has 170 valence electrons. The second-order valence-corrected chi connectivity index (χ2v) is 8.54. The Morgan fingerprint density at radius 1 is 1.18 bits per heavy atom. The standard InChI is InChI=1S/C22H16ClF3N4O2S/c1-12-18(13-6-8-16(32-2)9-7-13)28-21(33-12)29-20(31)17-11-27-30(19(17)22(24,25)26)15-5-3-4-14(23)10-15/h3-11H,1-2H3,(H,28,29,31). The van der Waals surface area contributed by atoms with E-state index in [0.717, 1.165) is 28.0 Å². The highest BCUT2D eigenvalue weighted by Gasteiger charge is 2.40. The normalized spacial score (nSPS) is 11.5. The minimum absolute atomic E-state index is 0.0840. The molecule has 0 bridgehead atoms. The molecule has 2 aromatic heterocycles. The predicted octanol–water partition coefficient (Wildman–Crippen LogP) is 6.24. The van der Waals surface area contributed by atoms with Gasteiger partial charge in [0, 0.05) is 15.5 Å². The van der Waals surface area contributed by atoms with E-state index in [1.165, 1.54) is 24.3 Å². The van der Waals surface area contributed by atoms with Crippen molar-refractivity contribution < 1.29 is 22.7 Å². The maximum atomic E-state index is 13.9. The lowest BCUT2D eigenvalue weighted by Crippen LogP contribution is -2.20. The van der Waals surface area contributed by atoms with Gasteiger partial charge in [-0.05, 0) is 49.4 Å². The number of methoxy groups -OCH3 is 1. The SMILES string of the molecule is COc1ccc(-c2nc(NC(=O)c3cnn(-c4cccc(Cl)c4)c3C(F)(F)F)sc2C)cc1. The summed E-state index contributed by atoms with van der Waals surface area (Å²) in [6.45, 7) is 1.81. The number of ether oxygens (including phenoxy) is 1. The number of aryl methyl sites for hydroxylation is 1. The molecule has 6 nitrogen and oxygen atoms in total. The van der Waals surface area contributed by atoms with Crippen LogP contribution in [-0.2, 0) is 6.18 Å². The molecule has 0 saturated carbocycles. The summed E-state index contributed by atoms with van der Waals surface area (Å²) in [6.07, 6.45) is -3.96. The Bertz CT molecular complexity index is 1320. The number of aromatic nitrogens is 3. The first-order chi connectivity index (χ1) is 15.7. The van der Waals surface area contributed by atoms with Crippen LogP contribution in [0.1, 0.15) is 20.9 Å². The smallest absolute Gasteiger partial charge is 0.434 e. The van der Waals surface area contributed by atoms with E-state index in [9.17, 15) is 18.0 Å². The van der Waals surface area contributed by atoms with Gasteiger partial charge < -0.3 is 4.74 Å². The van der Waals surface area contributed by atoms with E-state index in [2.05, 4.69) is 15.4 Å². The summed E-state index contributed by atoms with van der Waals surface area (Å²) in [5.41, 5.74) is -0.341. The third-order valence-electron chi connectivity index (χ3n) is 4.72. The van der Waals surface area contributed by atoms with Gasteiger partial charge in [0.05, 0.1) is 30.3 Å². The highest BCUT2D eigenvalue weighted by atomic mass is 35.5. The van der Waals surface area contributed by atoms with Crippen LogP contribution in [0.4, 0.5) is 18.3 Å². The first-order valence-corrected chi connectivity index (χ1v) is 10.7. The van der Waals surface area contributed by atoms with Crippen molar-refractivity contribution >= 4 is 34.0 Å². The molecule has 0 atom stereocenters. The fourth-order valence-electron chi connectivity index (χ4n) is 3.22. The fourth-order valence-corrected chi connectivity index (χ4v) is 4.24. The van der Waals surface area contributed by atoms with Crippen LogP contribution in [0.3, 0.4) is 0 Å². The molecule has 11 heteroatoms. The van der Waals surface area contributed by atoms with Crippen LogP contribution < -0.4 is 10.1 Å². The number of nitrogens with zero attached hydrogens (tertiary/aromatic N) is 3. The van der Waals surface area contributed by atoms with Crippen molar-refractivity contribution in [2.24, 2.45) is 0 Å². The zero-order chi connectivity index (χ0) is 23.8. The Balaban J connectivity index is 1.65. The van der Waals surface area contributed by atoms with Crippen molar-refractivity contribution in [2.45, 2.75) is 13.1 Å². The van der Waals surface area contributed by atoms with Crippen LogP contribution >= 0.6 is 22.9 Å². The molecule has 1 N–H and O–H groups in total. The van der Waals surface area contributed by atoms with Gasteiger partial charge in [0.1, 0.15) is 5.75 Å². The third kappa shape index (κ3) is 4.71. The van der Waals surface area contributed by atoms with Gasteiger partial charge in [-0.1, -0.05) is 17.7 Å². The molecule has 0 fully saturated rings. The number of carbonyl (C=O) groups excluding carboxylic acids is 1. The van der Waals surface area contributed by atoms with Gasteiger partial charge in [-0.3, -0.25) is 10.1 Å². The van der Waals surface area contributed by atoms with Crippen LogP contribution in [0.2, 0.25) is 5.02 Å². The molecule has 0 radical (unpaired) electrons. The molecule has 0 aliphatic carbocycles. The van der Waals surface area contributed by atoms with Crippen molar-refractivity contribution in [1.82, 2.24) is 14.8 Å². The summed E-state index contributed by atoms with van der Waals surface area (Å²) >= 11 is 7.07. The molecule has 0 unspecified atom stereocenters. The number of halogens is 4. The molecule has 2 aromatic carbocycles. The predicted molar refractivity (Wildman–Crippen MR) is 120 cm³/mol. The maximum absolute atomic E-state index is 13.9. The second kappa shape index (κ2) is 8.87. The van der Waals surface area contributed by atoms with Crippen molar-refractivity contribution in [3.05, 3.63) is 75.9 Å². The average molecular weight is 493 g/mol. The molecule has 0 spiro atoms. The van der Waals surface area contributed by atoms with E-state index >= 15 is 0 Å². The zero-order valence-corrected chi connectivity index (χ0v) is 18.8. The molecule has 4 aromatic rings. The number of hydrogen-bond acceptors (Lipinski definition) is 5. The highest BCUT2D eigenvalue weighted by Crippen LogP contribution is 2.35. The van der Waals surface area contributed by atoms with Gasteiger partial charge >= 0.3 is 6.18 Å². The lowest BCUT2D eigenvalue weighted by Gasteiger charge is -2.12. The van der Waals surface area contributed by atoms with Crippen molar-refractivity contribution in [3.63, 3.8) is 0 Å². The van der Waals surface area contributed by atoms with Gasteiger partial charge in [-0.2, -0.15) is 18.3 Å². The number of carbonyl (C=O) groups is 1. The molecule has 2 heterocycles. The Morgan fingerprint density at radius 2 is 1.91 bits per heavy atom. The summed E-state index contributed by atoms with van der Waals surface area (Å²) in [5, 5.41) is 6.67. The summed E-state index contributed by atoms with van der Waals surface area (Å²) in [6, 6.07) is 12.9. The van der Waals surface area contributed by atoms with Crippen LogP contribution in [0, 0.1) is 6.92 Å². The molecule has 1 amide bonds. The van der Waals surface area contributed by atoms with E-state index in [0.29, 0.717) is 16.1 Å². The quantitative estimate of drug-likeness (QED) is 0.358. The molecule has 0 aliphatic heterocycles. The first-order valence-electron chi connectivity index (χ1n) is 9.51. The molecule has 4 rings (SSSR count). The Labute approximate surface area is 195 Å². The summed E-state index contributed by atoms with van der Waals surface area (Å²) < 4.78 is 47.4. The second-order valence-electron chi connectivity index (χ2n) is 6.90. The van der Waals surface area contributed by atoms with Gasteiger partial charge in [-0.25, -0.2) is 9.67 Å². The van der Waals surface area contributed by atoms with Crippen molar-refractivity contribution in [2.75, 3.05) is 12.4 Å². The molecular formula is C22H16ClF3N4O2S. The van der Waals surface area contributed by atoms with Crippen molar-refractivity contribution in [3.8, 4) is 22.7 Å². The van der Waals surface area contributed by atoms with Gasteiger partial charge in [0.15, 0.2) is 10.8 Å². The average Bonchev–Trinajstić information content (AvgIpc) is 3.38. The zero-order valence-electron chi connectivity index (χ0n) is 17.3. The van der Waals surface area contributed by atoms with E-state index < -0.39 is 23.3 Å². The summed E-state index contributed by atoms with van der Waals surface area (Å²) in [7, 11) is 1.56. The van der Waals surface area contributed by atoms with E-state index in [-0.39, 0.29) is 15.8 Å². The fraction of sp³-hybridized carbons (Fsp3) is 0.136. The van der Waals surface area contributed by atoms with Gasteiger partial charge in [-0.15, -0.1) is 11.3 Å². The lowest BCUT2D eigenvalue weighted by atomic mass is 10.1. The number of benzene rings is 2. The largest absolute Gasteiger partial charge is 0.497 e. The monoisotopic (exact) mass is 492 g/mol. The summed E-state index contributed by atoms with van der Waals surface area (Å²) in [4.78, 5) is 18.0. The highest BCUT2D eigenvalue weighted by molar-refractivity contribution is 7.16. The third-order valence-corrected chi connectivity index (χ3v) is 5.84. The molecule has 0 saturated heterocycles. The van der Waals surface area contributed by atoms with Crippen LogP contribution in [0.5, 0.6) is 5.75 Å². The lowest BCUT2D eigenvalue weighted by molar-refractivity contribution is -0.143. The Kier molecular flexibility index (Phi) is 6.13. The number of hydrogen-bond donors (Lipinski definition) is 1. The summed E-state index contributed by atoms with van der Waals surface area (Å²) in [5.74, 6) is -0.290. The minimum atomic E-state index is -4.83. The molecule has 0 aliphatic rings. The maximum Gasteiger partial charge on any atom is 0.434 e. The number of anilines is 1. The van der Waals surface area contributed by atoms with Crippen LogP contribution in [0.25, 0.3) is 16.9 Å². The van der Waals surface area contributed by atoms with Gasteiger partial charge in [0.25, 0.3) is 5.91 Å². The van der Waals surface area contributed by atoms with Gasteiger partial charge in [0.2, 0.25) is 0 Å². The van der Waals surface area contributed by atoms with E-state index in [4.69, 9.17) is 16.3 Å². The molecule has 33 heavy (non-hydrogen) atoms. The first kappa shape index (κ1) is 22.8. The number of rotatable bonds is 5. The number of nitrogens with one attached hydrogen (secondary N) is 1. The van der Waals surface area contributed by atoms with Crippen LogP contribution in [0.15, 0.2) is 54.7 Å². The van der Waals surface area contributed by atoms with Crippen molar-refractivity contribution in [1.29, 1.82) is 0 Å². The Hall–Kier alpha value is -3.37. The number of alkyl halides is 3. The van der Waals surface area contributed by atoms with E-state index in [1.807, 2.05) is 19.1 Å².